The Hall–Kier alpha value is -3.75. The molecule has 2 aromatic carbocycles. The van der Waals surface area contributed by atoms with Gasteiger partial charge in [0.15, 0.2) is 0 Å². The van der Waals surface area contributed by atoms with Gasteiger partial charge >= 0.3 is 5.97 Å². The topological polar surface area (TPSA) is 130 Å². The highest BCUT2D eigenvalue weighted by molar-refractivity contribution is 6.02. The Balaban J connectivity index is 2.01. The summed E-state index contributed by atoms with van der Waals surface area (Å²) in [5, 5.41) is 23.2. The lowest BCUT2D eigenvalue weighted by Gasteiger charge is -2.33. The molecule has 3 rings (SSSR count). The lowest BCUT2D eigenvalue weighted by molar-refractivity contribution is -0.384. The molecule has 0 heterocycles. The predicted molar refractivity (Wildman–Crippen MR) is 122 cm³/mol. The number of rotatable bonds is 9. The number of aliphatic carboxylic acids is 1. The van der Waals surface area contributed by atoms with Crippen LogP contribution in [0.1, 0.15) is 56.6 Å². The molecule has 9 heteroatoms. The number of carbonyl (C=O) groups is 3. The molecule has 0 aliphatic heterocycles. The van der Waals surface area contributed by atoms with Gasteiger partial charge in [0.1, 0.15) is 6.04 Å². The molecular weight excluding hydrogens is 426 g/mol. The van der Waals surface area contributed by atoms with E-state index in [0.29, 0.717) is 11.3 Å². The second-order valence-corrected chi connectivity index (χ2v) is 8.09. The number of hydrogen-bond donors (Lipinski definition) is 2. The van der Waals surface area contributed by atoms with Crippen molar-refractivity contribution in [2.45, 2.75) is 57.0 Å². The van der Waals surface area contributed by atoms with Crippen LogP contribution in [0.25, 0.3) is 0 Å². The van der Waals surface area contributed by atoms with Crippen molar-refractivity contribution in [1.82, 2.24) is 5.32 Å². The number of hydrogen-bond acceptors (Lipinski definition) is 5. The monoisotopic (exact) mass is 453 g/mol. The van der Waals surface area contributed by atoms with Gasteiger partial charge in [-0.3, -0.25) is 29.4 Å². The number of nitrogens with one attached hydrogen (secondary N) is 1. The number of nitrogens with zero attached hydrogens (tertiary/aromatic N) is 2. The largest absolute Gasteiger partial charge is 0.481 e. The van der Waals surface area contributed by atoms with Crippen LogP contribution in [0.2, 0.25) is 0 Å². The molecule has 2 amide bonds. The summed E-state index contributed by atoms with van der Waals surface area (Å²) in [6.07, 6.45) is 4.15. The highest BCUT2D eigenvalue weighted by Crippen LogP contribution is 2.31. The summed E-state index contributed by atoms with van der Waals surface area (Å²) in [5.74, 6) is -2.04. The number of non-ortho nitro benzene ring substituents is 1. The third-order valence-electron chi connectivity index (χ3n) is 5.73. The molecule has 1 atom stereocenters. The van der Waals surface area contributed by atoms with Crippen LogP contribution in [-0.2, 0) is 14.4 Å². The van der Waals surface area contributed by atoms with E-state index in [1.54, 1.807) is 30.3 Å². The van der Waals surface area contributed by atoms with Crippen molar-refractivity contribution in [3.05, 3.63) is 70.3 Å². The first-order valence-corrected chi connectivity index (χ1v) is 11.0. The van der Waals surface area contributed by atoms with Crippen LogP contribution in [-0.4, -0.2) is 33.9 Å². The number of carboxylic acids is 1. The number of carbonyl (C=O) groups excluding carboxylic acids is 2. The number of carboxylic acid groups (broad SMARTS) is 1. The van der Waals surface area contributed by atoms with Crippen molar-refractivity contribution in [2.24, 2.45) is 0 Å². The first kappa shape index (κ1) is 23.9. The first-order valence-electron chi connectivity index (χ1n) is 11.0. The summed E-state index contributed by atoms with van der Waals surface area (Å²) >= 11 is 0. The zero-order valence-corrected chi connectivity index (χ0v) is 18.2. The number of amides is 2. The minimum Gasteiger partial charge on any atom is -0.481 e. The molecule has 0 aromatic heterocycles. The van der Waals surface area contributed by atoms with Crippen LogP contribution in [0.15, 0.2) is 54.6 Å². The van der Waals surface area contributed by atoms with Gasteiger partial charge < -0.3 is 10.4 Å². The fourth-order valence-corrected chi connectivity index (χ4v) is 4.08. The number of benzene rings is 2. The molecule has 1 unspecified atom stereocenters. The molecule has 1 saturated carbocycles. The molecule has 1 aliphatic carbocycles. The molecule has 9 nitrogen and oxygen atoms in total. The van der Waals surface area contributed by atoms with E-state index in [4.69, 9.17) is 5.11 Å². The maximum Gasteiger partial charge on any atom is 0.303 e. The molecule has 1 aliphatic rings. The zero-order valence-electron chi connectivity index (χ0n) is 18.2. The Morgan fingerprint density at radius 2 is 1.64 bits per heavy atom. The van der Waals surface area contributed by atoms with E-state index in [1.807, 2.05) is 0 Å². The van der Waals surface area contributed by atoms with Crippen molar-refractivity contribution < 1.29 is 24.4 Å². The number of para-hydroxylation sites is 1. The maximum atomic E-state index is 13.5. The summed E-state index contributed by atoms with van der Waals surface area (Å²) in [5.41, 5.74) is 0.713. The Kier molecular flexibility index (Phi) is 8.12. The standard InChI is InChI=1S/C24H27N3O6/c28-21(15-16-22(29)30)26(19-9-5-2-6-10-19)23(17-11-13-20(14-12-17)27(32)33)24(31)25-18-7-3-1-4-8-18/h2,5-6,9-14,18,23H,1,3-4,7-8,15-16H2,(H,25,31)(H,29,30). The second-order valence-electron chi connectivity index (χ2n) is 8.09. The molecule has 2 N–H and O–H groups in total. The van der Waals surface area contributed by atoms with Gasteiger partial charge in [0.2, 0.25) is 11.8 Å². The maximum absolute atomic E-state index is 13.5. The van der Waals surface area contributed by atoms with Gasteiger partial charge in [0, 0.05) is 30.3 Å². The lowest BCUT2D eigenvalue weighted by Crippen LogP contribution is -2.47. The number of nitro groups is 1. The van der Waals surface area contributed by atoms with Crippen molar-refractivity contribution in [2.75, 3.05) is 4.90 Å². The van der Waals surface area contributed by atoms with Gasteiger partial charge in [-0.2, -0.15) is 0 Å². The fraction of sp³-hybridized carbons (Fsp3) is 0.375. The van der Waals surface area contributed by atoms with E-state index in [2.05, 4.69) is 5.32 Å². The van der Waals surface area contributed by atoms with Crippen LogP contribution >= 0.6 is 0 Å². The highest BCUT2D eigenvalue weighted by Gasteiger charge is 2.34. The number of anilines is 1. The van der Waals surface area contributed by atoms with Crippen molar-refractivity contribution in [3.63, 3.8) is 0 Å². The Morgan fingerprint density at radius 3 is 2.21 bits per heavy atom. The quantitative estimate of drug-likeness (QED) is 0.436. The molecule has 0 radical (unpaired) electrons. The van der Waals surface area contributed by atoms with Gasteiger partial charge in [0.25, 0.3) is 5.69 Å². The van der Waals surface area contributed by atoms with Crippen LogP contribution < -0.4 is 10.2 Å². The molecule has 174 valence electrons. The Bertz CT molecular complexity index is 987. The average molecular weight is 453 g/mol. The van der Waals surface area contributed by atoms with E-state index in [0.717, 1.165) is 32.1 Å². The highest BCUT2D eigenvalue weighted by atomic mass is 16.6. The summed E-state index contributed by atoms with van der Waals surface area (Å²) in [4.78, 5) is 49.7. The Morgan fingerprint density at radius 1 is 1.00 bits per heavy atom. The summed E-state index contributed by atoms with van der Waals surface area (Å²) in [6.45, 7) is 0. The van der Waals surface area contributed by atoms with Gasteiger partial charge in [-0.15, -0.1) is 0 Å². The van der Waals surface area contributed by atoms with E-state index >= 15 is 0 Å². The van der Waals surface area contributed by atoms with E-state index in [-0.39, 0.29) is 24.6 Å². The van der Waals surface area contributed by atoms with Crippen LogP contribution in [0, 0.1) is 10.1 Å². The number of nitro benzene ring substituents is 1. The normalized spacial score (nSPS) is 14.8. The summed E-state index contributed by atoms with van der Waals surface area (Å²) in [6, 6.07) is 12.9. The third-order valence-corrected chi connectivity index (χ3v) is 5.73. The average Bonchev–Trinajstić information content (AvgIpc) is 2.82. The van der Waals surface area contributed by atoms with E-state index in [1.165, 1.54) is 29.2 Å². The SMILES string of the molecule is O=C(O)CCC(=O)N(c1ccccc1)C(C(=O)NC1CCCCC1)c1ccc([N+](=O)[O-])cc1. The second kappa shape index (κ2) is 11.2. The van der Waals surface area contributed by atoms with Crippen molar-refractivity contribution >= 4 is 29.2 Å². The third kappa shape index (κ3) is 6.38. The fourth-order valence-electron chi connectivity index (χ4n) is 4.08. The lowest BCUT2D eigenvalue weighted by atomic mass is 9.94. The molecule has 0 spiro atoms. The molecule has 33 heavy (non-hydrogen) atoms. The minimum atomic E-state index is -1.12. The van der Waals surface area contributed by atoms with E-state index < -0.39 is 28.7 Å². The molecule has 0 bridgehead atoms. The van der Waals surface area contributed by atoms with Crippen LogP contribution in [0.4, 0.5) is 11.4 Å². The first-order chi connectivity index (χ1) is 15.9. The van der Waals surface area contributed by atoms with Crippen molar-refractivity contribution in [1.29, 1.82) is 0 Å². The van der Waals surface area contributed by atoms with Crippen LogP contribution in [0.5, 0.6) is 0 Å². The molecular formula is C24H27N3O6. The predicted octanol–water partition coefficient (Wildman–Crippen LogP) is 3.98. The molecule has 1 fully saturated rings. The molecule has 0 saturated heterocycles. The molecule has 2 aromatic rings. The smallest absolute Gasteiger partial charge is 0.303 e. The summed E-state index contributed by atoms with van der Waals surface area (Å²) < 4.78 is 0. The van der Waals surface area contributed by atoms with Gasteiger partial charge in [-0.25, -0.2) is 0 Å². The van der Waals surface area contributed by atoms with Crippen molar-refractivity contribution in [3.8, 4) is 0 Å². The summed E-state index contributed by atoms with van der Waals surface area (Å²) in [7, 11) is 0. The minimum absolute atomic E-state index is 0.0152. The van der Waals surface area contributed by atoms with Crippen LogP contribution in [0.3, 0.4) is 0 Å². The van der Waals surface area contributed by atoms with E-state index in [9.17, 15) is 24.5 Å². The van der Waals surface area contributed by atoms with Gasteiger partial charge in [0.05, 0.1) is 11.3 Å². The zero-order chi connectivity index (χ0) is 23.8. The Labute approximate surface area is 191 Å². The van der Waals surface area contributed by atoms with Gasteiger partial charge in [-0.1, -0.05) is 37.5 Å². The van der Waals surface area contributed by atoms with Gasteiger partial charge in [-0.05, 0) is 42.7 Å².